The van der Waals surface area contributed by atoms with Gasteiger partial charge in [0.1, 0.15) is 6.04 Å². The maximum Gasteiger partial charge on any atom is 0.226 e. The molecule has 2 rings (SSSR count). The fourth-order valence-corrected chi connectivity index (χ4v) is 2.63. The minimum atomic E-state index is -0.637. The molecule has 21 heavy (non-hydrogen) atoms. The van der Waals surface area contributed by atoms with Gasteiger partial charge in [0, 0.05) is 6.61 Å². The number of carbonyl (C=O) groups excluding carboxylic acids is 1. The highest BCUT2D eigenvalue weighted by atomic mass is 16.5. The Balaban J connectivity index is 2.14. The summed E-state index contributed by atoms with van der Waals surface area (Å²) in [6.07, 6.45) is 1.42. The van der Waals surface area contributed by atoms with Crippen molar-refractivity contribution >= 4 is 11.7 Å². The Kier molecular flexibility index (Phi) is 5.16. The number of hydrogen-bond donors (Lipinski definition) is 3. The van der Waals surface area contributed by atoms with Crippen molar-refractivity contribution in [2.45, 2.75) is 31.9 Å². The highest BCUT2D eigenvalue weighted by molar-refractivity contribution is 5.91. The lowest BCUT2D eigenvalue weighted by atomic mass is 9.97. The molecule has 114 valence electrons. The minimum absolute atomic E-state index is 0.0403. The third kappa shape index (κ3) is 3.52. The van der Waals surface area contributed by atoms with Crippen LogP contribution in [0.2, 0.25) is 0 Å². The number of benzene rings is 1. The van der Waals surface area contributed by atoms with Crippen molar-refractivity contribution in [3.05, 3.63) is 35.9 Å². The maximum absolute atomic E-state index is 12.4. The molecular weight excluding hydrogens is 270 g/mol. The first kappa shape index (κ1) is 15.3. The molecule has 1 aliphatic rings. The first-order chi connectivity index (χ1) is 10.2. The number of nitrogens with two attached hydrogens (primary N) is 1. The van der Waals surface area contributed by atoms with E-state index in [2.05, 4.69) is 10.5 Å². The molecule has 0 aromatic heterocycles. The van der Waals surface area contributed by atoms with Crippen LogP contribution in [0.25, 0.3) is 0 Å². The van der Waals surface area contributed by atoms with Gasteiger partial charge in [-0.05, 0) is 18.4 Å². The van der Waals surface area contributed by atoms with Gasteiger partial charge in [0.2, 0.25) is 5.91 Å². The average molecular weight is 291 g/mol. The number of amides is 1. The number of carbonyl (C=O) groups is 1. The van der Waals surface area contributed by atoms with Crippen LogP contribution in [0.15, 0.2) is 35.5 Å². The Bertz CT molecular complexity index is 504. The monoisotopic (exact) mass is 291 g/mol. The summed E-state index contributed by atoms with van der Waals surface area (Å²) in [5.41, 5.74) is 6.49. The highest BCUT2D eigenvalue weighted by Gasteiger charge is 2.34. The Hall–Kier alpha value is -2.08. The zero-order valence-corrected chi connectivity index (χ0v) is 12.0. The Morgan fingerprint density at radius 2 is 2.24 bits per heavy atom. The highest BCUT2D eigenvalue weighted by Crippen LogP contribution is 2.24. The van der Waals surface area contributed by atoms with E-state index >= 15 is 0 Å². The fraction of sp³-hybridized carbons (Fsp3) is 0.467. The first-order valence-electron chi connectivity index (χ1n) is 7.11. The lowest BCUT2D eigenvalue weighted by Gasteiger charge is -2.22. The summed E-state index contributed by atoms with van der Waals surface area (Å²) in [5, 5.41) is 14.8. The van der Waals surface area contributed by atoms with Crippen LogP contribution in [-0.4, -0.2) is 29.7 Å². The third-order valence-electron chi connectivity index (χ3n) is 3.78. The van der Waals surface area contributed by atoms with E-state index in [0.29, 0.717) is 13.0 Å². The molecule has 4 N–H and O–H groups in total. The van der Waals surface area contributed by atoms with Crippen LogP contribution >= 0.6 is 0 Å². The van der Waals surface area contributed by atoms with Gasteiger partial charge in [0.25, 0.3) is 0 Å². The van der Waals surface area contributed by atoms with Crippen molar-refractivity contribution in [2.75, 3.05) is 6.61 Å². The molecule has 1 aliphatic heterocycles. The predicted octanol–water partition coefficient (Wildman–Crippen LogP) is 1.41. The molecule has 1 aromatic carbocycles. The summed E-state index contributed by atoms with van der Waals surface area (Å²) < 4.78 is 5.54. The summed E-state index contributed by atoms with van der Waals surface area (Å²) in [5.74, 6) is -0.353. The van der Waals surface area contributed by atoms with Crippen LogP contribution in [0.3, 0.4) is 0 Å². The molecule has 0 radical (unpaired) electrons. The topological polar surface area (TPSA) is 96.9 Å². The number of nitrogens with one attached hydrogen (secondary N) is 1. The zero-order valence-electron chi connectivity index (χ0n) is 12.0. The molecule has 3 unspecified atom stereocenters. The second-order valence-electron chi connectivity index (χ2n) is 5.09. The molecule has 1 saturated heterocycles. The maximum atomic E-state index is 12.4. The quantitative estimate of drug-likeness (QED) is 0.331. The van der Waals surface area contributed by atoms with E-state index in [0.717, 1.165) is 12.0 Å². The van der Waals surface area contributed by atoms with E-state index in [4.69, 9.17) is 15.7 Å². The van der Waals surface area contributed by atoms with Gasteiger partial charge >= 0.3 is 0 Å². The van der Waals surface area contributed by atoms with Gasteiger partial charge in [-0.2, -0.15) is 0 Å². The summed E-state index contributed by atoms with van der Waals surface area (Å²) in [7, 11) is 0. The number of hydrogen-bond acceptors (Lipinski definition) is 4. The first-order valence-corrected chi connectivity index (χ1v) is 7.11. The van der Waals surface area contributed by atoms with Gasteiger partial charge in [0.15, 0.2) is 5.84 Å². The summed E-state index contributed by atoms with van der Waals surface area (Å²) >= 11 is 0. The van der Waals surface area contributed by atoms with Gasteiger partial charge in [-0.1, -0.05) is 42.4 Å². The molecule has 1 amide bonds. The number of ether oxygens (including phenoxy) is 1. The standard InChI is InChI=1S/C15H21N3O3/c1-2-12-11(8-9-21-12)15(19)17-13(14(16)18-20)10-6-4-3-5-7-10/h3-7,11-13,20H,2,8-9H2,1H3,(H2,16,18)(H,17,19). The van der Waals surface area contributed by atoms with E-state index in [1.54, 1.807) is 0 Å². The molecule has 0 saturated carbocycles. The van der Waals surface area contributed by atoms with Crippen LogP contribution in [0.4, 0.5) is 0 Å². The molecule has 1 heterocycles. The fourth-order valence-electron chi connectivity index (χ4n) is 2.63. The molecule has 0 aliphatic carbocycles. The Morgan fingerprint density at radius 3 is 2.86 bits per heavy atom. The lowest BCUT2D eigenvalue weighted by Crippen LogP contribution is -2.42. The van der Waals surface area contributed by atoms with E-state index in [9.17, 15) is 4.79 Å². The summed E-state index contributed by atoms with van der Waals surface area (Å²) in [4.78, 5) is 12.4. The van der Waals surface area contributed by atoms with Gasteiger partial charge in [-0.15, -0.1) is 0 Å². The van der Waals surface area contributed by atoms with Crippen LogP contribution in [-0.2, 0) is 9.53 Å². The van der Waals surface area contributed by atoms with E-state index in [-0.39, 0.29) is 23.8 Å². The van der Waals surface area contributed by atoms with Crippen molar-refractivity contribution in [3.8, 4) is 0 Å². The van der Waals surface area contributed by atoms with Crippen molar-refractivity contribution in [3.63, 3.8) is 0 Å². The largest absolute Gasteiger partial charge is 0.409 e. The van der Waals surface area contributed by atoms with E-state index < -0.39 is 6.04 Å². The second-order valence-corrected chi connectivity index (χ2v) is 5.09. The number of oxime groups is 1. The van der Waals surface area contributed by atoms with Crippen molar-refractivity contribution < 1.29 is 14.7 Å². The smallest absolute Gasteiger partial charge is 0.226 e. The molecule has 3 atom stereocenters. The molecule has 6 heteroatoms. The summed E-state index contributed by atoms with van der Waals surface area (Å²) in [6.45, 7) is 2.59. The molecule has 1 fully saturated rings. The molecule has 6 nitrogen and oxygen atoms in total. The van der Waals surface area contributed by atoms with Gasteiger partial charge in [-0.25, -0.2) is 0 Å². The van der Waals surface area contributed by atoms with Gasteiger partial charge in [-0.3, -0.25) is 4.79 Å². The minimum Gasteiger partial charge on any atom is -0.409 e. The zero-order chi connectivity index (χ0) is 15.2. The van der Waals surface area contributed by atoms with Crippen LogP contribution < -0.4 is 11.1 Å². The number of rotatable bonds is 5. The second kappa shape index (κ2) is 7.08. The van der Waals surface area contributed by atoms with Crippen LogP contribution in [0.1, 0.15) is 31.4 Å². The normalized spacial score (nSPS) is 23.8. The van der Waals surface area contributed by atoms with Crippen molar-refractivity contribution in [2.24, 2.45) is 16.8 Å². The van der Waals surface area contributed by atoms with Gasteiger partial charge < -0.3 is 21.0 Å². The lowest BCUT2D eigenvalue weighted by molar-refractivity contribution is -0.127. The Morgan fingerprint density at radius 1 is 1.52 bits per heavy atom. The number of nitrogens with zero attached hydrogens (tertiary/aromatic N) is 1. The van der Waals surface area contributed by atoms with Gasteiger partial charge in [0.05, 0.1) is 12.0 Å². The number of amidine groups is 1. The van der Waals surface area contributed by atoms with Crippen LogP contribution in [0, 0.1) is 5.92 Å². The Labute approximate surface area is 124 Å². The average Bonchev–Trinajstić information content (AvgIpc) is 3.01. The summed E-state index contributed by atoms with van der Waals surface area (Å²) in [6, 6.07) is 8.56. The third-order valence-corrected chi connectivity index (χ3v) is 3.78. The van der Waals surface area contributed by atoms with Crippen LogP contribution in [0.5, 0.6) is 0 Å². The molecule has 1 aromatic rings. The van der Waals surface area contributed by atoms with Crippen molar-refractivity contribution in [1.82, 2.24) is 5.32 Å². The van der Waals surface area contributed by atoms with E-state index in [1.807, 2.05) is 37.3 Å². The SMILES string of the molecule is CCC1OCCC1C(=O)NC(/C(N)=N/O)c1ccccc1. The van der Waals surface area contributed by atoms with E-state index in [1.165, 1.54) is 0 Å². The van der Waals surface area contributed by atoms with Crippen molar-refractivity contribution in [1.29, 1.82) is 0 Å². The molecule has 0 spiro atoms. The predicted molar refractivity (Wildman–Crippen MR) is 78.9 cm³/mol. The molecular formula is C15H21N3O3. The molecule has 0 bridgehead atoms.